The lowest BCUT2D eigenvalue weighted by Gasteiger charge is -2.34. The lowest BCUT2D eigenvalue weighted by atomic mass is 10.1. The Labute approximate surface area is 167 Å². The summed E-state index contributed by atoms with van der Waals surface area (Å²) in [5.74, 6) is 0.604. The zero-order valence-corrected chi connectivity index (χ0v) is 17.7. The standard InChI is InChI=1S/C18H29ClN4O3S/c1-14-12-23(13-15(2)26-14)27(24,25)11-10-22-18(20-3)21-9-8-16-4-6-17(19)7-5-16/h4-7,14-15H,8-13H2,1-3H3,(H2,20,21,22). The molecule has 152 valence electrons. The maximum atomic E-state index is 12.5. The van der Waals surface area contributed by atoms with Crippen LogP contribution in [0.15, 0.2) is 29.3 Å². The number of ether oxygens (including phenoxy) is 1. The molecule has 7 nitrogen and oxygen atoms in total. The zero-order chi connectivity index (χ0) is 19.9. The van der Waals surface area contributed by atoms with Crippen molar-refractivity contribution in [2.75, 3.05) is 39.0 Å². The highest BCUT2D eigenvalue weighted by Crippen LogP contribution is 2.14. The van der Waals surface area contributed by atoms with Crippen LogP contribution in [0.5, 0.6) is 0 Å². The number of benzene rings is 1. The highest BCUT2D eigenvalue weighted by molar-refractivity contribution is 7.89. The Hall–Kier alpha value is -1.35. The van der Waals surface area contributed by atoms with Crippen molar-refractivity contribution in [3.63, 3.8) is 0 Å². The second-order valence-electron chi connectivity index (χ2n) is 6.69. The summed E-state index contributed by atoms with van der Waals surface area (Å²) in [5.41, 5.74) is 1.17. The molecule has 1 aromatic rings. The Morgan fingerprint density at radius 2 is 1.78 bits per heavy atom. The van der Waals surface area contributed by atoms with E-state index in [1.165, 1.54) is 9.87 Å². The van der Waals surface area contributed by atoms with E-state index in [9.17, 15) is 8.42 Å². The Balaban J connectivity index is 1.74. The lowest BCUT2D eigenvalue weighted by molar-refractivity contribution is -0.0440. The van der Waals surface area contributed by atoms with Gasteiger partial charge in [-0.2, -0.15) is 4.31 Å². The minimum Gasteiger partial charge on any atom is -0.373 e. The Morgan fingerprint density at radius 3 is 2.37 bits per heavy atom. The number of nitrogens with one attached hydrogen (secondary N) is 2. The molecule has 2 atom stereocenters. The Kier molecular flexibility index (Phi) is 8.34. The number of halogens is 1. The second-order valence-corrected chi connectivity index (χ2v) is 9.22. The van der Waals surface area contributed by atoms with E-state index in [1.54, 1.807) is 7.05 Å². The summed E-state index contributed by atoms with van der Waals surface area (Å²) in [6, 6.07) is 7.69. The van der Waals surface area contributed by atoms with Gasteiger partial charge in [0, 0.05) is 38.2 Å². The molecule has 0 aromatic heterocycles. The summed E-state index contributed by atoms with van der Waals surface area (Å²) in [5, 5.41) is 6.97. The summed E-state index contributed by atoms with van der Waals surface area (Å²) in [4.78, 5) is 4.13. The highest BCUT2D eigenvalue weighted by atomic mass is 35.5. The SMILES string of the molecule is CN=C(NCCc1ccc(Cl)cc1)NCCS(=O)(=O)N1CC(C)OC(C)C1. The van der Waals surface area contributed by atoms with E-state index >= 15 is 0 Å². The summed E-state index contributed by atoms with van der Waals surface area (Å²) in [6.07, 6.45) is 0.650. The largest absolute Gasteiger partial charge is 0.373 e. The molecule has 1 aliphatic rings. The van der Waals surface area contributed by atoms with Crippen LogP contribution in [0.2, 0.25) is 5.02 Å². The van der Waals surface area contributed by atoms with Gasteiger partial charge in [0.15, 0.2) is 5.96 Å². The van der Waals surface area contributed by atoms with Crippen molar-refractivity contribution in [2.24, 2.45) is 4.99 Å². The van der Waals surface area contributed by atoms with Gasteiger partial charge >= 0.3 is 0 Å². The molecule has 1 aromatic carbocycles. The van der Waals surface area contributed by atoms with E-state index in [4.69, 9.17) is 16.3 Å². The van der Waals surface area contributed by atoms with Crippen LogP contribution in [-0.4, -0.2) is 69.9 Å². The first-order valence-corrected chi connectivity index (χ1v) is 11.1. The summed E-state index contributed by atoms with van der Waals surface area (Å²) < 4.78 is 32.2. The van der Waals surface area contributed by atoms with Crippen molar-refractivity contribution >= 4 is 27.6 Å². The van der Waals surface area contributed by atoms with Gasteiger partial charge in [-0.1, -0.05) is 23.7 Å². The number of morpholine rings is 1. The van der Waals surface area contributed by atoms with E-state index < -0.39 is 10.0 Å². The molecule has 0 bridgehead atoms. The van der Waals surface area contributed by atoms with Crippen molar-refractivity contribution in [3.05, 3.63) is 34.9 Å². The third kappa shape index (κ3) is 7.29. The lowest BCUT2D eigenvalue weighted by Crippen LogP contribution is -2.50. The van der Waals surface area contributed by atoms with E-state index in [0.717, 1.165) is 11.4 Å². The molecule has 2 unspecified atom stereocenters. The number of sulfonamides is 1. The molecule has 1 heterocycles. The van der Waals surface area contributed by atoms with Gasteiger partial charge in [0.1, 0.15) is 0 Å². The zero-order valence-electron chi connectivity index (χ0n) is 16.1. The van der Waals surface area contributed by atoms with Gasteiger partial charge in [-0.05, 0) is 38.0 Å². The predicted molar refractivity (Wildman–Crippen MR) is 110 cm³/mol. The van der Waals surface area contributed by atoms with Gasteiger partial charge in [0.2, 0.25) is 10.0 Å². The Morgan fingerprint density at radius 1 is 1.19 bits per heavy atom. The molecule has 2 rings (SSSR count). The molecule has 0 amide bonds. The minimum atomic E-state index is -3.33. The van der Waals surface area contributed by atoms with Crippen LogP contribution in [0, 0.1) is 0 Å². The third-order valence-electron chi connectivity index (χ3n) is 4.27. The average molecular weight is 417 g/mol. The van der Waals surface area contributed by atoms with Gasteiger partial charge in [0.05, 0.1) is 18.0 Å². The quantitative estimate of drug-likeness (QED) is 0.519. The summed E-state index contributed by atoms with van der Waals surface area (Å²) >= 11 is 5.88. The van der Waals surface area contributed by atoms with Gasteiger partial charge in [-0.25, -0.2) is 8.42 Å². The predicted octanol–water partition coefficient (Wildman–Crippen LogP) is 1.49. The topological polar surface area (TPSA) is 83.0 Å². The van der Waals surface area contributed by atoms with Crippen molar-refractivity contribution in [2.45, 2.75) is 32.5 Å². The van der Waals surface area contributed by atoms with E-state index in [1.807, 2.05) is 38.1 Å². The molecule has 0 aliphatic carbocycles. The second kappa shape index (κ2) is 10.3. The summed E-state index contributed by atoms with van der Waals surface area (Å²) in [7, 11) is -1.66. The van der Waals surface area contributed by atoms with E-state index in [2.05, 4.69) is 15.6 Å². The number of nitrogens with zero attached hydrogens (tertiary/aromatic N) is 2. The molecule has 1 saturated heterocycles. The minimum absolute atomic E-state index is 0.0182. The van der Waals surface area contributed by atoms with Gasteiger partial charge in [-0.15, -0.1) is 0 Å². The molecule has 0 radical (unpaired) electrons. The van der Waals surface area contributed by atoms with Crippen LogP contribution in [0.3, 0.4) is 0 Å². The van der Waals surface area contributed by atoms with Crippen molar-refractivity contribution in [1.82, 2.24) is 14.9 Å². The van der Waals surface area contributed by atoms with Crippen LogP contribution in [0.4, 0.5) is 0 Å². The smallest absolute Gasteiger partial charge is 0.216 e. The van der Waals surface area contributed by atoms with E-state index in [0.29, 0.717) is 32.1 Å². The fraction of sp³-hybridized carbons (Fsp3) is 0.611. The molecular formula is C18H29ClN4O3S. The van der Waals surface area contributed by atoms with Crippen LogP contribution in [-0.2, 0) is 21.2 Å². The third-order valence-corrected chi connectivity index (χ3v) is 6.33. The number of hydrogen-bond acceptors (Lipinski definition) is 4. The molecule has 9 heteroatoms. The highest BCUT2D eigenvalue weighted by Gasteiger charge is 2.30. The summed E-state index contributed by atoms with van der Waals surface area (Å²) in [6.45, 7) is 5.57. The van der Waals surface area contributed by atoms with Gasteiger partial charge in [0.25, 0.3) is 0 Å². The Bertz CT molecular complexity index is 715. The first kappa shape index (κ1) is 21.9. The maximum Gasteiger partial charge on any atom is 0.216 e. The molecule has 0 spiro atoms. The average Bonchev–Trinajstić information content (AvgIpc) is 2.61. The van der Waals surface area contributed by atoms with Gasteiger partial charge in [-0.3, -0.25) is 4.99 Å². The molecule has 0 saturated carbocycles. The molecule has 1 aliphatic heterocycles. The number of hydrogen-bond donors (Lipinski definition) is 2. The number of guanidine groups is 1. The van der Waals surface area contributed by atoms with Crippen LogP contribution < -0.4 is 10.6 Å². The normalized spacial score (nSPS) is 21.9. The van der Waals surface area contributed by atoms with Crippen LogP contribution in [0.1, 0.15) is 19.4 Å². The first-order chi connectivity index (χ1) is 12.8. The first-order valence-electron chi connectivity index (χ1n) is 9.12. The van der Waals surface area contributed by atoms with Gasteiger partial charge < -0.3 is 15.4 Å². The van der Waals surface area contributed by atoms with Crippen molar-refractivity contribution < 1.29 is 13.2 Å². The monoisotopic (exact) mass is 416 g/mol. The molecular weight excluding hydrogens is 388 g/mol. The van der Waals surface area contributed by atoms with Crippen molar-refractivity contribution in [3.8, 4) is 0 Å². The van der Waals surface area contributed by atoms with Crippen LogP contribution in [0.25, 0.3) is 0 Å². The molecule has 2 N–H and O–H groups in total. The van der Waals surface area contributed by atoms with Crippen LogP contribution >= 0.6 is 11.6 Å². The fourth-order valence-electron chi connectivity index (χ4n) is 2.98. The fourth-order valence-corrected chi connectivity index (χ4v) is 4.60. The number of rotatable bonds is 7. The molecule has 27 heavy (non-hydrogen) atoms. The number of aliphatic imine (C=N–C) groups is 1. The molecule has 1 fully saturated rings. The van der Waals surface area contributed by atoms with E-state index in [-0.39, 0.29) is 18.0 Å². The maximum absolute atomic E-state index is 12.5. The van der Waals surface area contributed by atoms with Crippen molar-refractivity contribution in [1.29, 1.82) is 0 Å².